The minimum Gasteiger partial charge on any atom is -0.352 e. The molecule has 0 aromatic heterocycles. The van der Waals surface area contributed by atoms with Crippen LogP contribution in [0.5, 0.6) is 0 Å². The Morgan fingerprint density at radius 3 is 2.33 bits per heavy atom. The molecule has 5 aliphatic rings. The third-order valence-electron chi connectivity index (χ3n) is 11.8. The minimum atomic E-state index is -3.53. The Morgan fingerprint density at radius 2 is 1.65 bits per heavy atom. The van der Waals surface area contributed by atoms with Gasteiger partial charge in [-0.15, -0.1) is 0 Å². The van der Waals surface area contributed by atoms with Crippen molar-refractivity contribution < 1.29 is 47.2 Å². The Bertz CT molecular complexity index is 1630. The van der Waals surface area contributed by atoms with Crippen LogP contribution < -0.4 is 5.32 Å². The van der Waals surface area contributed by atoms with Gasteiger partial charge in [0.25, 0.3) is 0 Å². The van der Waals surface area contributed by atoms with Gasteiger partial charge in [-0.25, -0.2) is 9.78 Å². The Hall–Kier alpha value is -2.73. The van der Waals surface area contributed by atoms with Crippen LogP contribution in [0.25, 0.3) is 0 Å². The Balaban J connectivity index is 1.15. The molecule has 7 rings (SSSR count). The smallest absolute Gasteiger partial charge is 0.352 e. The topological polar surface area (TPSA) is 128 Å². The van der Waals surface area contributed by atoms with Gasteiger partial charge in [0.2, 0.25) is 11.7 Å². The van der Waals surface area contributed by atoms with Crippen LogP contribution >= 0.6 is 7.60 Å². The second-order valence-electron chi connectivity index (χ2n) is 15.7. The van der Waals surface area contributed by atoms with Crippen molar-refractivity contribution >= 4 is 19.3 Å². The molecule has 54 heavy (non-hydrogen) atoms. The van der Waals surface area contributed by atoms with Crippen LogP contribution in [-0.4, -0.2) is 55.5 Å². The fourth-order valence-electron chi connectivity index (χ4n) is 8.84. The maximum Gasteiger partial charge on any atom is 0.353 e. The molecular weight excluding hydrogens is 709 g/mol. The van der Waals surface area contributed by atoms with Gasteiger partial charge in [-0.1, -0.05) is 81.4 Å². The number of hydrogen-bond donors (Lipinski definition) is 1. The summed E-state index contributed by atoms with van der Waals surface area (Å²) in [5, 5.41) is 3.12. The molecule has 1 N–H and O–H groups in total. The standard InChI is InChI=1S/C42H58NO10P/c1-7-48-54(46,49-8-2)24-22-36(32-17-13-10-14-18-32)43-38(45)33(25-31-15-11-9-12-16-31)26-37(44)29(4)27-47-39-30(5)35-20-19-28(3)34-21-23-41(6)51-40(50-39)42(34,35)53-52-41/h9-18,22,24,28-30,33-36,39-40H,7-8,19-21,23,25-27H2,1-6H3,(H,43,45)/b24-22+/t28-,29+,30-,33-,34+,35+,36?,39+,40-,41-,42-/m1/s1. The number of amides is 1. The number of ketones is 1. The van der Waals surface area contributed by atoms with Crippen LogP contribution in [0.1, 0.15) is 90.8 Å². The van der Waals surface area contributed by atoms with Crippen LogP contribution in [0.15, 0.2) is 72.6 Å². The van der Waals surface area contributed by atoms with Crippen LogP contribution in [0.2, 0.25) is 0 Å². The molecule has 1 unspecified atom stereocenters. The number of hydrogen-bond acceptors (Lipinski definition) is 10. The molecule has 4 heterocycles. The van der Waals surface area contributed by atoms with Crippen LogP contribution in [0.4, 0.5) is 0 Å². The summed E-state index contributed by atoms with van der Waals surface area (Å²) < 4.78 is 43.7. The lowest BCUT2D eigenvalue weighted by molar-refractivity contribution is -0.577. The fourth-order valence-corrected chi connectivity index (χ4v) is 10.2. The molecule has 1 spiro atoms. The average Bonchev–Trinajstić information content (AvgIpc) is 3.40. The summed E-state index contributed by atoms with van der Waals surface area (Å²) in [4.78, 5) is 40.3. The molecule has 11 atom stereocenters. The Kier molecular flexibility index (Phi) is 13.3. The first-order valence-corrected chi connectivity index (χ1v) is 21.3. The molecule has 1 aliphatic carbocycles. The summed E-state index contributed by atoms with van der Waals surface area (Å²) in [5.41, 5.74) is 1.03. The van der Waals surface area contributed by atoms with Gasteiger partial charge in [-0.2, -0.15) is 0 Å². The van der Waals surface area contributed by atoms with Crippen LogP contribution in [0, 0.1) is 35.5 Å². The first kappa shape index (κ1) is 40.9. The SMILES string of the molecule is CCOP(=O)(/C=C/C(NC(=O)[C@@H](CC(=O)[C@@H](C)CO[C@H]1O[C@@H]2O[C@@]3(C)CC[C@H]4[C@H](C)CC[C@@H]([C@H]1C)[C@@]24OO3)Cc1ccccc1)c1ccccc1)OCC. The second-order valence-corrected chi connectivity index (χ2v) is 17.6. The quantitative estimate of drug-likeness (QED) is 0.124. The lowest BCUT2D eigenvalue weighted by Crippen LogP contribution is -2.70. The van der Waals surface area contributed by atoms with E-state index in [4.69, 9.17) is 33.0 Å². The largest absolute Gasteiger partial charge is 0.353 e. The predicted molar refractivity (Wildman–Crippen MR) is 203 cm³/mol. The molecule has 11 nitrogen and oxygen atoms in total. The maximum atomic E-state index is 14.2. The summed E-state index contributed by atoms with van der Waals surface area (Å²) in [6.45, 7) is 12.2. The minimum absolute atomic E-state index is 0.00845. The van der Waals surface area contributed by atoms with Crippen LogP contribution in [0.3, 0.4) is 0 Å². The van der Waals surface area contributed by atoms with E-state index in [-0.39, 0.29) is 55.7 Å². The average molecular weight is 768 g/mol. The van der Waals surface area contributed by atoms with Gasteiger partial charge in [-0.3, -0.25) is 14.2 Å². The highest BCUT2D eigenvalue weighted by Gasteiger charge is 2.69. The van der Waals surface area contributed by atoms with Crippen molar-refractivity contribution in [2.45, 2.75) is 110 Å². The van der Waals surface area contributed by atoms with E-state index in [1.807, 2.05) is 74.5 Å². The summed E-state index contributed by atoms with van der Waals surface area (Å²) >= 11 is 0. The molecule has 5 fully saturated rings. The van der Waals surface area contributed by atoms with Gasteiger partial charge in [0, 0.05) is 42.3 Å². The molecule has 12 heteroatoms. The van der Waals surface area contributed by atoms with Crippen molar-refractivity contribution in [1.82, 2.24) is 5.32 Å². The molecule has 1 amide bonds. The fraction of sp³-hybridized carbons (Fsp3) is 0.619. The first-order chi connectivity index (χ1) is 25.9. The van der Waals surface area contributed by atoms with Crippen molar-refractivity contribution in [3.8, 4) is 0 Å². The van der Waals surface area contributed by atoms with E-state index < -0.39 is 49.4 Å². The number of ether oxygens (including phenoxy) is 3. The first-order valence-electron chi connectivity index (χ1n) is 19.7. The zero-order valence-electron chi connectivity index (χ0n) is 32.5. The van der Waals surface area contributed by atoms with Gasteiger partial charge in [0.05, 0.1) is 25.9 Å². The molecule has 2 aromatic rings. The third kappa shape index (κ3) is 8.95. The van der Waals surface area contributed by atoms with Gasteiger partial charge in [0.1, 0.15) is 5.78 Å². The molecule has 4 aliphatic heterocycles. The Labute approximate surface area is 320 Å². The van der Waals surface area contributed by atoms with Crippen molar-refractivity contribution in [2.24, 2.45) is 35.5 Å². The van der Waals surface area contributed by atoms with Gasteiger partial charge in [-0.05, 0) is 75.5 Å². The van der Waals surface area contributed by atoms with E-state index in [1.54, 1.807) is 19.9 Å². The van der Waals surface area contributed by atoms with E-state index in [0.29, 0.717) is 12.3 Å². The van der Waals surface area contributed by atoms with Crippen molar-refractivity contribution in [2.75, 3.05) is 19.8 Å². The number of benzene rings is 2. The van der Waals surface area contributed by atoms with Crippen LogP contribution in [-0.2, 0) is 53.6 Å². The zero-order chi connectivity index (χ0) is 38.5. The monoisotopic (exact) mass is 767 g/mol. The Morgan fingerprint density at radius 1 is 0.963 bits per heavy atom. The van der Waals surface area contributed by atoms with E-state index in [0.717, 1.165) is 36.8 Å². The third-order valence-corrected chi connectivity index (χ3v) is 13.6. The summed E-state index contributed by atoms with van der Waals surface area (Å²) in [5.74, 6) is -0.252. The molecule has 4 saturated heterocycles. The van der Waals surface area contributed by atoms with E-state index in [9.17, 15) is 14.2 Å². The number of nitrogens with one attached hydrogen (secondary N) is 1. The molecule has 2 bridgehead atoms. The number of carbonyl (C=O) groups excluding carboxylic acids is 2. The van der Waals surface area contributed by atoms with Gasteiger partial charge >= 0.3 is 7.60 Å². The summed E-state index contributed by atoms with van der Waals surface area (Å²) in [7, 11) is -3.53. The highest BCUT2D eigenvalue weighted by Crippen LogP contribution is 2.60. The molecular formula is C42H58NO10P. The lowest BCUT2D eigenvalue weighted by Gasteiger charge is -2.60. The lowest BCUT2D eigenvalue weighted by atomic mass is 9.58. The number of carbonyl (C=O) groups is 2. The van der Waals surface area contributed by atoms with Gasteiger partial charge in [0.15, 0.2) is 18.2 Å². The number of rotatable bonds is 17. The van der Waals surface area contributed by atoms with Crippen molar-refractivity contribution in [1.29, 1.82) is 0 Å². The molecule has 0 radical (unpaired) electrons. The van der Waals surface area contributed by atoms with Crippen molar-refractivity contribution in [3.63, 3.8) is 0 Å². The number of fused-ring (bicyclic) bond motifs is 2. The summed E-state index contributed by atoms with van der Waals surface area (Å²) in [6.07, 6.45) is 4.48. The normalized spacial score (nSPS) is 32.3. The highest BCUT2D eigenvalue weighted by molar-refractivity contribution is 7.57. The van der Waals surface area contributed by atoms with E-state index in [1.165, 1.54) is 5.82 Å². The molecule has 296 valence electrons. The maximum absolute atomic E-state index is 14.2. The second kappa shape index (κ2) is 17.6. The van der Waals surface area contributed by atoms with Crippen molar-refractivity contribution in [3.05, 3.63) is 83.7 Å². The van der Waals surface area contributed by atoms with E-state index >= 15 is 0 Å². The van der Waals surface area contributed by atoms with Gasteiger partial charge < -0.3 is 28.6 Å². The molecule has 2 aromatic carbocycles. The predicted octanol–water partition coefficient (Wildman–Crippen LogP) is 8.30. The number of Topliss-reactive ketones (excluding diaryl/α,β-unsaturated/α-hetero) is 1. The highest BCUT2D eigenvalue weighted by atomic mass is 31.2. The molecule has 1 saturated carbocycles. The zero-order valence-corrected chi connectivity index (χ0v) is 33.4. The van der Waals surface area contributed by atoms with E-state index in [2.05, 4.69) is 19.2 Å². The summed E-state index contributed by atoms with van der Waals surface area (Å²) in [6, 6.07) is 18.4.